The summed E-state index contributed by atoms with van der Waals surface area (Å²) in [6, 6.07) is 6.58. The zero-order valence-electron chi connectivity index (χ0n) is 22.1. The molecule has 0 spiro atoms. The summed E-state index contributed by atoms with van der Waals surface area (Å²) in [7, 11) is 1.77. The predicted molar refractivity (Wildman–Crippen MR) is 141 cm³/mol. The molecule has 1 aromatic carbocycles. The van der Waals surface area contributed by atoms with E-state index >= 15 is 0 Å². The number of carbonyl (C=O) groups is 2. The van der Waals surface area contributed by atoms with E-state index in [-0.39, 0.29) is 23.8 Å². The third-order valence-corrected chi connectivity index (χ3v) is 5.95. The number of nitrogens with one attached hydrogen (secondary N) is 1. The molecule has 12 heteroatoms. The average Bonchev–Trinajstić information content (AvgIpc) is 3.47. The molecule has 0 aliphatic heterocycles. The van der Waals surface area contributed by atoms with Crippen LogP contribution in [0.2, 0.25) is 0 Å². The number of nitrogens with zero attached hydrogens (tertiary/aromatic N) is 6. The molecular formula is C27H29N7O5. The Kier molecular flexibility index (Phi) is 7.26. The molecule has 202 valence electrons. The van der Waals surface area contributed by atoms with Crippen LogP contribution in [-0.4, -0.2) is 49.4 Å². The highest BCUT2D eigenvalue weighted by Crippen LogP contribution is 2.32. The molecule has 0 atom stereocenters. The molecule has 1 aliphatic carbocycles. The molecular weight excluding hydrogens is 502 g/mol. The Morgan fingerprint density at radius 2 is 1.95 bits per heavy atom. The maximum Gasteiger partial charge on any atom is 0.264 e. The van der Waals surface area contributed by atoms with Gasteiger partial charge in [-0.1, -0.05) is 5.16 Å². The molecule has 1 N–H and O–H groups in total. The van der Waals surface area contributed by atoms with Crippen LogP contribution >= 0.6 is 0 Å². The van der Waals surface area contributed by atoms with Crippen molar-refractivity contribution in [3.05, 3.63) is 65.9 Å². The lowest BCUT2D eigenvalue weighted by Crippen LogP contribution is -2.33. The fraction of sp³-hybridized carbons (Fsp3) is 0.333. The molecule has 0 saturated heterocycles. The summed E-state index contributed by atoms with van der Waals surface area (Å²) >= 11 is 0. The van der Waals surface area contributed by atoms with E-state index in [1.165, 1.54) is 18.6 Å². The van der Waals surface area contributed by atoms with Gasteiger partial charge in [0.25, 0.3) is 11.8 Å². The summed E-state index contributed by atoms with van der Waals surface area (Å²) in [5, 5.41) is 10.7. The Bertz CT molecular complexity index is 1470. The molecule has 3 heterocycles. The molecule has 4 aromatic rings. The molecule has 1 aliphatic rings. The molecule has 5 rings (SSSR count). The SMILES string of the molecule is Cc1oncc1C(=O)N(CC1CC1)c1cnc(Oc2cc(OC(C)C)cc(C(=O)Nc3ccn(C)n3)c2)cn1. The van der Waals surface area contributed by atoms with E-state index in [1.807, 2.05) is 13.8 Å². The van der Waals surface area contributed by atoms with E-state index < -0.39 is 0 Å². The lowest BCUT2D eigenvalue weighted by molar-refractivity contribution is 0.0981. The first-order valence-electron chi connectivity index (χ1n) is 12.6. The minimum Gasteiger partial charge on any atom is -0.491 e. The van der Waals surface area contributed by atoms with E-state index in [4.69, 9.17) is 14.0 Å². The molecule has 3 aromatic heterocycles. The van der Waals surface area contributed by atoms with Crippen molar-refractivity contribution in [1.82, 2.24) is 24.9 Å². The van der Waals surface area contributed by atoms with Gasteiger partial charge in [0.05, 0.1) is 24.7 Å². The summed E-state index contributed by atoms with van der Waals surface area (Å²) in [6.07, 6.45) is 8.08. The molecule has 0 radical (unpaired) electrons. The largest absolute Gasteiger partial charge is 0.491 e. The zero-order chi connectivity index (χ0) is 27.5. The van der Waals surface area contributed by atoms with Crippen molar-refractivity contribution in [3.8, 4) is 17.4 Å². The van der Waals surface area contributed by atoms with E-state index in [2.05, 4.69) is 25.5 Å². The number of ether oxygens (including phenoxy) is 2. The standard InChI is InChI=1S/C27H29N7O5/c1-16(2)37-20-9-19(26(35)31-23-7-8-33(4)32-23)10-21(11-20)38-25-14-28-24(13-29-25)34(15-18-5-6-18)27(36)22-12-30-39-17(22)3/h7-14,16,18H,5-6,15H2,1-4H3,(H,31,32,35). The Morgan fingerprint density at radius 3 is 2.56 bits per heavy atom. The zero-order valence-corrected chi connectivity index (χ0v) is 22.1. The quantitative estimate of drug-likeness (QED) is 0.316. The maximum absolute atomic E-state index is 13.2. The number of anilines is 2. The highest BCUT2D eigenvalue weighted by molar-refractivity contribution is 6.06. The van der Waals surface area contributed by atoms with Crippen LogP contribution < -0.4 is 19.7 Å². The van der Waals surface area contributed by atoms with Gasteiger partial charge in [-0.2, -0.15) is 5.10 Å². The van der Waals surface area contributed by atoms with Crippen molar-refractivity contribution >= 4 is 23.5 Å². The van der Waals surface area contributed by atoms with Crippen LogP contribution in [0.1, 0.15) is 53.2 Å². The van der Waals surface area contributed by atoms with Crippen LogP contribution in [0.5, 0.6) is 17.4 Å². The van der Waals surface area contributed by atoms with Crippen molar-refractivity contribution in [2.75, 3.05) is 16.8 Å². The van der Waals surface area contributed by atoms with Crippen molar-refractivity contribution in [2.24, 2.45) is 13.0 Å². The Hall–Kier alpha value is -4.74. The number of amides is 2. The van der Waals surface area contributed by atoms with Gasteiger partial charge < -0.3 is 19.3 Å². The number of aromatic nitrogens is 5. The Balaban J connectivity index is 1.36. The van der Waals surface area contributed by atoms with Gasteiger partial charge in [-0.25, -0.2) is 9.97 Å². The topological polar surface area (TPSA) is 138 Å². The van der Waals surface area contributed by atoms with Gasteiger partial charge in [0.1, 0.15) is 22.8 Å². The third kappa shape index (κ3) is 6.40. The van der Waals surface area contributed by atoms with Crippen LogP contribution in [-0.2, 0) is 7.05 Å². The minimum absolute atomic E-state index is 0.116. The molecule has 2 amide bonds. The molecule has 12 nitrogen and oxygen atoms in total. The second kappa shape index (κ2) is 10.9. The van der Waals surface area contributed by atoms with Gasteiger partial charge in [0.15, 0.2) is 11.6 Å². The van der Waals surface area contributed by atoms with E-state index in [9.17, 15) is 9.59 Å². The van der Waals surface area contributed by atoms with E-state index in [0.717, 1.165) is 12.8 Å². The van der Waals surface area contributed by atoms with Gasteiger partial charge in [0, 0.05) is 37.5 Å². The van der Waals surface area contributed by atoms with Gasteiger partial charge in [-0.3, -0.25) is 19.2 Å². The smallest absolute Gasteiger partial charge is 0.264 e. The maximum atomic E-state index is 13.2. The van der Waals surface area contributed by atoms with Crippen molar-refractivity contribution in [2.45, 2.75) is 39.7 Å². The molecule has 1 saturated carbocycles. The predicted octanol–water partition coefficient (Wildman–Crippen LogP) is 4.40. The fourth-order valence-corrected chi connectivity index (χ4v) is 3.88. The Labute approximate surface area is 224 Å². The normalized spacial score (nSPS) is 12.8. The van der Waals surface area contributed by atoms with E-state index in [0.29, 0.717) is 52.5 Å². The number of carbonyl (C=O) groups excluding carboxylic acids is 2. The highest BCUT2D eigenvalue weighted by Gasteiger charge is 2.30. The van der Waals surface area contributed by atoms with E-state index in [1.54, 1.807) is 54.0 Å². The van der Waals surface area contributed by atoms with Gasteiger partial charge in [-0.05, 0) is 51.7 Å². The fourth-order valence-electron chi connectivity index (χ4n) is 3.88. The average molecular weight is 532 g/mol. The Morgan fingerprint density at radius 1 is 1.15 bits per heavy atom. The van der Waals surface area contributed by atoms with Crippen molar-refractivity contribution in [1.29, 1.82) is 0 Å². The van der Waals surface area contributed by atoms with Crippen LogP contribution in [0.4, 0.5) is 11.6 Å². The highest BCUT2D eigenvalue weighted by atomic mass is 16.5. The lowest BCUT2D eigenvalue weighted by atomic mass is 10.2. The third-order valence-electron chi connectivity index (χ3n) is 5.95. The van der Waals surface area contributed by atoms with Crippen LogP contribution in [0.15, 0.2) is 53.6 Å². The minimum atomic E-state index is -0.368. The summed E-state index contributed by atoms with van der Waals surface area (Å²) < 4.78 is 18.4. The first kappa shape index (κ1) is 25.9. The monoisotopic (exact) mass is 531 g/mol. The number of aryl methyl sites for hydroxylation is 2. The van der Waals surface area contributed by atoms with Crippen LogP contribution in [0.3, 0.4) is 0 Å². The van der Waals surface area contributed by atoms with Crippen LogP contribution in [0, 0.1) is 12.8 Å². The number of hydrogen-bond acceptors (Lipinski definition) is 9. The first-order valence-corrected chi connectivity index (χ1v) is 12.6. The lowest BCUT2D eigenvalue weighted by Gasteiger charge is -2.21. The summed E-state index contributed by atoms with van der Waals surface area (Å²) in [5.74, 6) is 2.07. The van der Waals surface area contributed by atoms with Gasteiger partial charge in [-0.15, -0.1) is 0 Å². The molecule has 0 unspecified atom stereocenters. The molecule has 0 bridgehead atoms. The van der Waals surface area contributed by atoms with Crippen LogP contribution in [0.25, 0.3) is 0 Å². The summed E-state index contributed by atoms with van der Waals surface area (Å²) in [5.41, 5.74) is 0.708. The second-order valence-electron chi connectivity index (χ2n) is 9.66. The summed E-state index contributed by atoms with van der Waals surface area (Å²) in [6.45, 7) is 6.00. The van der Waals surface area contributed by atoms with Crippen molar-refractivity contribution in [3.63, 3.8) is 0 Å². The van der Waals surface area contributed by atoms with Gasteiger partial charge >= 0.3 is 0 Å². The first-order chi connectivity index (χ1) is 18.7. The second-order valence-corrected chi connectivity index (χ2v) is 9.66. The summed E-state index contributed by atoms with van der Waals surface area (Å²) in [4.78, 5) is 36.5. The number of rotatable bonds is 10. The molecule has 39 heavy (non-hydrogen) atoms. The van der Waals surface area contributed by atoms with Gasteiger partial charge in [0.2, 0.25) is 5.88 Å². The molecule has 1 fully saturated rings. The number of hydrogen-bond donors (Lipinski definition) is 1. The van der Waals surface area contributed by atoms with Crippen molar-refractivity contribution < 1.29 is 23.6 Å². The number of benzene rings is 1.